The second-order valence-corrected chi connectivity index (χ2v) is 5.85. The molecule has 0 radical (unpaired) electrons. The Bertz CT molecular complexity index is 906. The lowest BCUT2D eigenvalue weighted by molar-refractivity contribution is 0.101. The Morgan fingerprint density at radius 2 is 1.64 bits per heavy atom. The molecule has 6 nitrogen and oxygen atoms in total. The highest BCUT2D eigenvalue weighted by Gasteiger charge is 2.04. The summed E-state index contributed by atoms with van der Waals surface area (Å²) < 4.78 is 0. The summed E-state index contributed by atoms with van der Waals surface area (Å²) in [6, 6.07) is 13.3. The molecule has 0 atom stereocenters. The maximum absolute atomic E-state index is 11.3. The van der Waals surface area contributed by atoms with Crippen LogP contribution >= 0.6 is 0 Å². The summed E-state index contributed by atoms with van der Waals surface area (Å²) in [4.78, 5) is 15.7. The van der Waals surface area contributed by atoms with Crippen molar-refractivity contribution in [2.75, 3.05) is 10.6 Å². The molecule has 0 spiro atoms. The van der Waals surface area contributed by atoms with E-state index in [-0.39, 0.29) is 5.78 Å². The van der Waals surface area contributed by atoms with Crippen LogP contribution in [0.15, 0.2) is 48.7 Å². The molecule has 0 aliphatic heterocycles. The Labute approximate surface area is 146 Å². The normalized spacial score (nSPS) is 10.4. The van der Waals surface area contributed by atoms with Gasteiger partial charge in [-0.25, -0.2) is 0 Å². The SMILES string of the molecule is CC(=O)c1ccc(Nc2cnnc(Nc3ccc(C)c(C)c3)n2)cc1. The van der Waals surface area contributed by atoms with Crippen LogP contribution in [-0.4, -0.2) is 21.0 Å². The number of nitrogens with zero attached hydrogens (tertiary/aromatic N) is 3. The molecule has 0 saturated heterocycles. The number of benzene rings is 2. The molecular weight excluding hydrogens is 314 g/mol. The van der Waals surface area contributed by atoms with Gasteiger partial charge in [0.05, 0.1) is 6.20 Å². The van der Waals surface area contributed by atoms with E-state index in [1.165, 1.54) is 11.1 Å². The second kappa shape index (κ2) is 7.09. The van der Waals surface area contributed by atoms with E-state index < -0.39 is 0 Å². The molecule has 2 aromatic carbocycles. The van der Waals surface area contributed by atoms with Crippen LogP contribution < -0.4 is 10.6 Å². The minimum absolute atomic E-state index is 0.0372. The zero-order valence-electron chi connectivity index (χ0n) is 14.4. The van der Waals surface area contributed by atoms with Crippen LogP contribution in [0.1, 0.15) is 28.4 Å². The molecule has 3 aromatic rings. The van der Waals surface area contributed by atoms with Gasteiger partial charge >= 0.3 is 0 Å². The van der Waals surface area contributed by atoms with Crippen molar-refractivity contribution in [1.29, 1.82) is 0 Å². The van der Waals surface area contributed by atoms with Gasteiger partial charge in [0.15, 0.2) is 11.6 Å². The van der Waals surface area contributed by atoms with Gasteiger partial charge in [0.1, 0.15) is 0 Å². The highest BCUT2D eigenvalue weighted by Crippen LogP contribution is 2.19. The third-order valence-corrected chi connectivity index (χ3v) is 3.89. The van der Waals surface area contributed by atoms with Crippen LogP contribution in [0.25, 0.3) is 0 Å². The van der Waals surface area contributed by atoms with E-state index in [2.05, 4.69) is 39.7 Å². The number of carbonyl (C=O) groups is 1. The minimum Gasteiger partial charge on any atom is -0.339 e. The monoisotopic (exact) mass is 333 g/mol. The molecule has 2 N–H and O–H groups in total. The molecule has 1 heterocycles. The van der Waals surface area contributed by atoms with Crippen molar-refractivity contribution >= 4 is 28.9 Å². The number of hydrogen-bond donors (Lipinski definition) is 2. The third kappa shape index (κ3) is 4.17. The number of aromatic nitrogens is 3. The van der Waals surface area contributed by atoms with Gasteiger partial charge in [-0.1, -0.05) is 6.07 Å². The fourth-order valence-electron chi connectivity index (χ4n) is 2.30. The highest BCUT2D eigenvalue weighted by atomic mass is 16.1. The molecule has 0 aliphatic carbocycles. The molecule has 0 fully saturated rings. The van der Waals surface area contributed by atoms with Crippen molar-refractivity contribution in [1.82, 2.24) is 15.2 Å². The van der Waals surface area contributed by atoms with Gasteiger partial charge in [0.2, 0.25) is 5.95 Å². The van der Waals surface area contributed by atoms with Crippen molar-refractivity contribution in [3.8, 4) is 0 Å². The molecule has 0 bridgehead atoms. The molecule has 1 aromatic heterocycles. The van der Waals surface area contributed by atoms with Crippen LogP contribution in [0.5, 0.6) is 0 Å². The van der Waals surface area contributed by atoms with Crippen LogP contribution in [0.3, 0.4) is 0 Å². The van der Waals surface area contributed by atoms with E-state index in [0.717, 1.165) is 11.4 Å². The topological polar surface area (TPSA) is 79.8 Å². The van der Waals surface area contributed by atoms with E-state index in [1.54, 1.807) is 25.3 Å². The standard InChI is InChI=1S/C19H19N5O/c1-12-4-7-17(10-13(12)2)22-19-23-18(11-20-24-19)21-16-8-5-15(6-9-16)14(3)25/h4-11H,1-3H3,(H2,21,22,23,24). The Kier molecular flexibility index (Phi) is 4.70. The van der Waals surface area contributed by atoms with Gasteiger partial charge in [-0.05, 0) is 68.3 Å². The molecule has 126 valence electrons. The number of Topliss-reactive ketones (excluding diaryl/α,β-unsaturated/α-hetero) is 1. The van der Waals surface area contributed by atoms with Crippen molar-refractivity contribution < 1.29 is 4.79 Å². The quantitative estimate of drug-likeness (QED) is 0.682. The van der Waals surface area contributed by atoms with Crippen LogP contribution in [0, 0.1) is 13.8 Å². The Morgan fingerprint density at radius 1 is 0.920 bits per heavy atom. The number of nitrogens with one attached hydrogen (secondary N) is 2. The number of carbonyl (C=O) groups excluding carboxylic acids is 1. The predicted molar refractivity (Wildman–Crippen MR) is 98.8 cm³/mol. The average molecular weight is 333 g/mol. The average Bonchev–Trinajstić information content (AvgIpc) is 2.59. The summed E-state index contributed by atoms with van der Waals surface area (Å²) in [6.07, 6.45) is 1.55. The molecule has 0 amide bonds. The number of hydrogen-bond acceptors (Lipinski definition) is 6. The van der Waals surface area contributed by atoms with Crippen molar-refractivity contribution in [3.05, 3.63) is 65.4 Å². The fourth-order valence-corrected chi connectivity index (χ4v) is 2.30. The van der Waals surface area contributed by atoms with Gasteiger partial charge in [0.25, 0.3) is 0 Å². The Balaban J connectivity index is 1.74. The van der Waals surface area contributed by atoms with E-state index in [0.29, 0.717) is 17.3 Å². The first-order chi connectivity index (χ1) is 12.0. The molecule has 6 heteroatoms. The lowest BCUT2D eigenvalue weighted by Crippen LogP contribution is -2.03. The zero-order valence-corrected chi connectivity index (χ0v) is 14.4. The summed E-state index contributed by atoms with van der Waals surface area (Å²) in [7, 11) is 0. The van der Waals surface area contributed by atoms with Crippen molar-refractivity contribution in [3.63, 3.8) is 0 Å². The first kappa shape index (κ1) is 16.6. The van der Waals surface area contributed by atoms with Gasteiger partial charge in [-0.3, -0.25) is 4.79 Å². The van der Waals surface area contributed by atoms with Crippen LogP contribution in [0.2, 0.25) is 0 Å². The van der Waals surface area contributed by atoms with E-state index in [4.69, 9.17) is 0 Å². The van der Waals surface area contributed by atoms with E-state index in [9.17, 15) is 4.79 Å². The molecule has 3 rings (SSSR count). The fraction of sp³-hybridized carbons (Fsp3) is 0.158. The summed E-state index contributed by atoms with van der Waals surface area (Å²) in [5, 5.41) is 14.3. The largest absolute Gasteiger partial charge is 0.339 e. The van der Waals surface area contributed by atoms with Crippen LogP contribution in [0.4, 0.5) is 23.1 Å². The van der Waals surface area contributed by atoms with Gasteiger partial charge in [-0.15, -0.1) is 5.10 Å². The number of rotatable bonds is 5. The molecule has 25 heavy (non-hydrogen) atoms. The maximum Gasteiger partial charge on any atom is 0.249 e. The Morgan fingerprint density at radius 3 is 2.32 bits per heavy atom. The van der Waals surface area contributed by atoms with Crippen molar-refractivity contribution in [2.24, 2.45) is 0 Å². The lowest BCUT2D eigenvalue weighted by atomic mass is 10.1. The van der Waals surface area contributed by atoms with E-state index >= 15 is 0 Å². The zero-order chi connectivity index (χ0) is 17.8. The minimum atomic E-state index is 0.0372. The smallest absolute Gasteiger partial charge is 0.249 e. The van der Waals surface area contributed by atoms with Gasteiger partial charge in [0, 0.05) is 16.9 Å². The molecule has 0 aliphatic rings. The number of anilines is 4. The van der Waals surface area contributed by atoms with Crippen molar-refractivity contribution in [2.45, 2.75) is 20.8 Å². The highest BCUT2D eigenvalue weighted by molar-refractivity contribution is 5.94. The molecular formula is C19H19N5O. The first-order valence-corrected chi connectivity index (χ1v) is 7.93. The lowest BCUT2D eigenvalue weighted by Gasteiger charge is -2.09. The second-order valence-electron chi connectivity index (χ2n) is 5.85. The molecule has 0 unspecified atom stereocenters. The third-order valence-electron chi connectivity index (χ3n) is 3.89. The predicted octanol–water partition coefficient (Wildman–Crippen LogP) is 4.18. The number of aryl methyl sites for hydroxylation is 2. The summed E-state index contributed by atoms with van der Waals surface area (Å²) in [6.45, 7) is 5.67. The van der Waals surface area contributed by atoms with E-state index in [1.807, 2.05) is 30.3 Å². The van der Waals surface area contributed by atoms with Crippen LogP contribution in [-0.2, 0) is 0 Å². The summed E-state index contributed by atoms with van der Waals surface area (Å²) in [5.74, 6) is 1.01. The summed E-state index contributed by atoms with van der Waals surface area (Å²) >= 11 is 0. The van der Waals surface area contributed by atoms with Gasteiger partial charge in [-0.2, -0.15) is 10.1 Å². The maximum atomic E-state index is 11.3. The van der Waals surface area contributed by atoms with Gasteiger partial charge < -0.3 is 10.6 Å². The summed E-state index contributed by atoms with van der Waals surface area (Å²) in [5.41, 5.74) is 4.82. The number of ketones is 1. The Hall–Kier alpha value is -3.28. The molecule has 0 saturated carbocycles. The first-order valence-electron chi connectivity index (χ1n) is 7.93.